The molecule has 0 aromatic heterocycles. The molecule has 0 aromatic carbocycles. The van der Waals surface area contributed by atoms with E-state index in [1.165, 1.54) is 44.5 Å². The van der Waals surface area contributed by atoms with E-state index in [-0.39, 0.29) is 5.91 Å². The van der Waals surface area contributed by atoms with Crippen LogP contribution in [-0.4, -0.2) is 60.1 Å². The minimum Gasteiger partial charge on any atom is -0.353 e. The molecule has 3 rings (SSSR count). The average molecular weight is 311 g/mol. The van der Waals surface area contributed by atoms with E-state index in [1.807, 2.05) is 11.8 Å². The molecule has 3 fully saturated rings. The zero-order valence-corrected chi connectivity index (χ0v) is 13.8. The van der Waals surface area contributed by atoms with Crippen LogP contribution in [-0.2, 0) is 4.79 Å². The Kier molecular flexibility index (Phi) is 5.83. The van der Waals surface area contributed by atoms with Crippen molar-refractivity contribution in [3.8, 4) is 0 Å². The van der Waals surface area contributed by atoms with Gasteiger partial charge >= 0.3 is 0 Å². The molecule has 1 unspecified atom stereocenters. The number of carbonyl (C=O) groups excluding carboxylic acids is 1. The lowest BCUT2D eigenvalue weighted by Crippen LogP contribution is -2.49. The fourth-order valence-corrected chi connectivity index (χ4v) is 4.89. The Labute approximate surface area is 132 Å². The average Bonchev–Trinajstić information content (AvgIpc) is 3.03. The molecular weight excluding hydrogens is 282 g/mol. The summed E-state index contributed by atoms with van der Waals surface area (Å²) in [4.78, 5) is 14.8. The van der Waals surface area contributed by atoms with E-state index in [1.54, 1.807) is 0 Å². The molecule has 0 radical (unpaired) electrons. The summed E-state index contributed by atoms with van der Waals surface area (Å²) in [6.07, 6.45) is 8.52. The number of thioether (sulfide) groups is 1. The first-order valence-electron chi connectivity index (χ1n) is 8.66. The van der Waals surface area contributed by atoms with Crippen LogP contribution in [0.2, 0.25) is 0 Å². The highest BCUT2D eigenvalue weighted by atomic mass is 32.2. The van der Waals surface area contributed by atoms with Gasteiger partial charge in [0.25, 0.3) is 0 Å². The van der Waals surface area contributed by atoms with Crippen LogP contribution in [0, 0.1) is 0 Å². The van der Waals surface area contributed by atoms with Crippen molar-refractivity contribution in [1.82, 2.24) is 15.5 Å². The maximum absolute atomic E-state index is 12.1. The van der Waals surface area contributed by atoms with Gasteiger partial charge in [-0.15, -0.1) is 0 Å². The molecule has 0 aromatic rings. The lowest BCUT2D eigenvalue weighted by molar-refractivity contribution is -0.122. The van der Waals surface area contributed by atoms with Crippen molar-refractivity contribution < 1.29 is 4.79 Å². The van der Waals surface area contributed by atoms with Gasteiger partial charge in [0.2, 0.25) is 5.91 Å². The van der Waals surface area contributed by atoms with Gasteiger partial charge in [0.15, 0.2) is 0 Å². The molecule has 1 amide bonds. The van der Waals surface area contributed by atoms with Crippen LogP contribution >= 0.6 is 11.8 Å². The topological polar surface area (TPSA) is 44.4 Å². The zero-order chi connectivity index (χ0) is 14.5. The van der Waals surface area contributed by atoms with Gasteiger partial charge in [-0.2, -0.15) is 11.8 Å². The van der Waals surface area contributed by atoms with E-state index in [9.17, 15) is 4.79 Å². The van der Waals surface area contributed by atoms with Crippen molar-refractivity contribution in [2.24, 2.45) is 0 Å². The minimum atomic E-state index is 0.245. The number of nitrogens with zero attached hydrogens (tertiary/aromatic N) is 1. The Balaban J connectivity index is 1.35. The van der Waals surface area contributed by atoms with Crippen molar-refractivity contribution in [2.45, 2.75) is 63.1 Å². The standard InChI is InChI=1S/C16H29N3OS/c20-16(11-14-12-21-10-7-17-14)18-13-5-8-19(9-6-13)15-3-1-2-4-15/h13-15,17H,1-12H2,(H,18,20). The summed E-state index contributed by atoms with van der Waals surface area (Å²) in [5.41, 5.74) is 0. The molecule has 2 aliphatic heterocycles. The molecule has 0 spiro atoms. The number of hydrogen-bond donors (Lipinski definition) is 2. The van der Waals surface area contributed by atoms with Gasteiger partial charge in [-0.1, -0.05) is 12.8 Å². The van der Waals surface area contributed by atoms with Crippen LogP contribution in [0.25, 0.3) is 0 Å². The number of rotatable bonds is 4. The second kappa shape index (κ2) is 7.84. The highest BCUT2D eigenvalue weighted by molar-refractivity contribution is 7.99. The second-order valence-corrected chi connectivity index (χ2v) is 7.90. The van der Waals surface area contributed by atoms with Crippen LogP contribution in [0.1, 0.15) is 44.9 Å². The number of hydrogen-bond acceptors (Lipinski definition) is 4. The second-order valence-electron chi connectivity index (χ2n) is 6.75. The number of nitrogens with one attached hydrogen (secondary N) is 2. The molecule has 2 heterocycles. The third-order valence-corrected chi connectivity index (χ3v) is 6.30. The van der Waals surface area contributed by atoms with Crippen molar-refractivity contribution in [3.63, 3.8) is 0 Å². The third kappa shape index (κ3) is 4.60. The maximum atomic E-state index is 12.1. The smallest absolute Gasteiger partial charge is 0.221 e. The molecule has 0 bridgehead atoms. The molecule has 2 saturated heterocycles. The van der Waals surface area contributed by atoms with Gasteiger partial charge in [-0.25, -0.2) is 0 Å². The summed E-state index contributed by atoms with van der Waals surface area (Å²) >= 11 is 1.96. The van der Waals surface area contributed by atoms with Crippen LogP contribution in [0.15, 0.2) is 0 Å². The summed E-state index contributed by atoms with van der Waals surface area (Å²) in [5, 5.41) is 6.70. The summed E-state index contributed by atoms with van der Waals surface area (Å²) in [6, 6.07) is 1.62. The summed E-state index contributed by atoms with van der Waals surface area (Å²) < 4.78 is 0. The van der Waals surface area contributed by atoms with Crippen LogP contribution < -0.4 is 10.6 Å². The first kappa shape index (κ1) is 15.6. The van der Waals surface area contributed by atoms with E-state index in [0.717, 1.165) is 31.2 Å². The Morgan fingerprint density at radius 2 is 1.95 bits per heavy atom. The van der Waals surface area contributed by atoms with Crippen molar-refractivity contribution in [3.05, 3.63) is 0 Å². The van der Waals surface area contributed by atoms with Gasteiger partial charge in [-0.05, 0) is 25.7 Å². The van der Waals surface area contributed by atoms with Gasteiger partial charge in [0.05, 0.1) is 0 Å². The fraction of sp³-hybridized carbons (Fsp3) is 0.938. The quantitative estimate of drug-likeness (QED) is 0.828. The van der Waals surface area contributed by atoms with E-state index in [0.29, 0.717) is 18.5 Å². The van der Waals surface area contributed by atoms with E-state index in [2.05, 4.69) is 15.5 Å². The Bertz CT molecular complexity index is 332. The first-order valence-corrected chi connectivity index (χ1v) is 9.81. The predicted octanol–water partition coefficient (Wildman–Crippen LogP) is 1.60. The molecule has 5 heteroatoms. The third-order valence-electron chi connectivity index (χ3n) is 5.17. The number of piperidine rings is 1. The van der Waals surface area contributed by atoms with Crippen molar-refractivity contribution in [2.75, 3.05) is 31.1 Å². The molecule has 2 N–H and O–H groups in total. The Morgan fingerprint density at radius 3 is 2.62 bits per heavy atom. The highest BCUT2D eigenvalue weighted by Crippen LogP contribution is 2.26. The summed E-state index contributed by atoms with van der Waals surface area (Å²) in [5.74, 6) is 2.50. The molecule has 1 saturated carbocycles. The van der Waals surface area contributed by atoms with Gasteiger partial charge in [0.1, 0.15) is 0 Å². The molecule has 4 nitrogen and oxygen atoms in total. The van der Waals surface area contributed by atoms with E-state index >= 15 is 0 Å². The fourth-order valence-electron chi connectivity index (χ4n) is 3.94. The number of likely N-dealkylation sites (tertiary alicyclic amines) is 1. The van der Waals surface area contributed by atoms with Gasteiger partial charge < -0.3 is 15.5 Å². The van der Waals surface area contributed by atoms with Crippen molar-refractivity contribution in [1.29, 1.82) is 0 Å². The highest BCUT2D eigenvalue weighted by Gasteiger charge is 2.28. The van der Waals surface area contributed by atoms with Crippen LogP contribution in [0.4, 0.5) is 0 Å². The molecule has 21 heavy (non-hydrogen) atoms. The lowest BCUT2D eigenvalue weighted by atomic mass is 10.0. The number of carbonyl (C=O) groups is 1. The monoisotopic (exact) mass is 311 g/mol. The SMILES string of the molecule is O=C(CC1CSCCN1)NC1CCN(C2CCCC2)CC1. The normalized spacial score (nSPS) is 29.6. The number of amides is 1. The van der Waals surface area contributed by atoms with Gasteiger partial charge in [0, 0.05) is 55.7 Å². The molecule has 3 aliphatic rings. The predicted molar refractivity (Wildman–Crippen MR) is 88.7 cm³/mol. The van der Waals surface area contributed by atoms with E-state index in [4.69, 9.17) is 0 Å². The molecule has 1 atom stereocenters. The minimum absolute atomic E-state index is 0.245. The van der Waals surface area contributed by atoms with Gasteiger partial charge in [-0.3, -0.25) is 4.79 Å². The molecular formula is C16H29N3OS. The van der Waals surface area contributed by atoms with Crippen molar-refractivity contribution >= 4 is 17.7 Å². The first-order chi connectivity index (χ1) is 10.3. The van der Waals surface area contributed by atoms with E-state index < -0.39 is 0 Å². The summed E-state index contributed by atoms with van der Waals surface area (Å²) in [7, 11) is 0. The largest absolute Gasteiger partial charge is 0.353 e. The van der Waals surface area contributed by atoms with Crippen LogP contribution in [0.5, 0.6) is 0 Å². The van der Waals surface area contributed by atoms with Crippen LogP contribution in [0.3, 0.4) is 0 Å². The molecule has 120 valence electrons. The molecule has 1 aliphatic carbocycles. The Morgan fingerprint density at radius 1 is 1.19 bits per heavy atom. The lowest BCUT2D eigenvalue weighted by Gasteiger charge is -2.36. The zero-order valence-electron chi connectivity index (χ0n) is 13.0. The Hall–Kier alpha value is -0.260. The summed E-state index contributed by atoms with van der Waals surface area (Å²) in [6.45, 7) is 3.39. The maximum Gasteiger partial charge on any atom is 0.221 e.